The Kier molecular flexibility index (Phi) is 6.87. The van der Waals surface area contributed by atoms with E-state index in [2.05, 4.69) is 0 Å². The van der Waals surface area contributed by atoms with E-state index in [1.165, 1.54) is 29.2 Å². The van der Waals surface area contributed by atoms with Crippen molar-refractivity contribution < 1.29 is 24.4 Å². The average Bonchev–Trinajstić information content (AvgIpc) is 3.13. The molecule has 8 nitrogen and oxygen atoms in total. The van der Waals surface area contributed by atoms with Crippen LogP contribution in [0, 0.1) is 23.0 Å². The van der Waals surface area contributed by atoms with Gasteiger partial charge in [-0.05, 0) is 60.4 Å². The first kappa shape index (κ1) is 24.7. The van der Waals surface area contributed by atoms with E-state index in [1.54, 1.807) is 42.5 Å². The zero-order valence-electron chi connectivity index (χ0n) is 20.2. The number of amides is 1. The molecule has 1 saturated heterocycles. The summed E-state index contributed by atoms with van der Waals surface area (Å²) in [6, 6.07) is 18.5. The van der Waals surface area contributed by atoms with E-state index in [1.807, 2.05) is 26.8 Å². The van der Waals surface area contributed by atoms with Gasteiger partial charge in [-0.2, -0.15) is 0 Å². The van der Waals surface area contributed by atoms with E-state index in [9.17, 15) is 24.8 Å². The molecular weight excluding hydrogens is 460 g/mol. The second-order valence-corrected chi connectivity index (χ2v) is 9.09. The van der Waals surface area contributed by atoms with Crippen LogP contribution in [-0.4, -0.2) is 28.3 Å². The number of benzene rings is 3. The number of aliphatic hydroxyl groups is 1. The molecule has 1 unspecified atom stereocenters. The van der Waals surface area contributed by atoms with Crippen LogP contribution >= 0.6 is 0 Å². The number of ketones is 1. The molecule has 1 amide bonds. The Morgan fingerprint density at radius 3 is 2.39 bits per heavy atom. The van der Waals surface area contributed by atoms with Crippen molar-refractivity contribution in [1.82, 2.24) is 0 Å². The summed E-state index contributed by atoms with van der Waals surface area (Å²) in [6.07, 6.45) is 0. The molecule has 0 aliphatic carbocycles. The number of non-ortho nitro benzene ring substituents is 1. The molecule has 1 N–H and O–H groups in total. The van der Waals surface area contributed by atoms with Crippen molar-refractivity contribution in [1.29, 1.82) is 0 Å². The quantitative estimate of drug-likeness (QED) is 0.154. The molecule has 1 aliphatic rings. The lowest BCUT2D eigenvalue weighted by molar-refractivity contribution is -0.384. The summed E-state index contributed by atoms with van der Waals surface area (Å²) in [6.45, 7) is 6.43. The highest BCUT2D eigenvalue weighted by atomic mass is 16.6. The second kappa shape index (κ2) is 10.0. The standard InChI is InChI=1S/C28H26N2O6/c1-17(2)16-36-23-9-5-7-20(15-23)25-24(26(31)19-10-12-21(13-11-19)30(34)35)27(32)28(33)29(25)22-8-4-6-18(3)14-22/h4-15,17,25,31H,16H2,1-3H3/b26-24+. The first-order chi connectivity index (χ1) is 17.2. The third-order valence-electron chi connectivity index (χ3n) is 5.83. The van der Waals surface area contributed by atoms with Gasteiger partial charge in [0.05, 0.1) is 23.1 Å². The summed E-state index contributed by atoms with van der Waals surface area (Å²) in [7, 11) is 0. The lowest BCUT2D eigenvalue weighted by Gasteiger charge is -2.26. The largest absolute Gasteiger partial charge is 0.507 e. The van der Waals surface area contributed by atoms with Crippen molar-refractivity contribution in [3.05, 3.63) is 105 Å². The van der Waals surface area contributed by atoms with Crippen LogP contribution in [0.1, 0.15) is 36.6 Å². The Morgan fingerprint density at radius 1 is 1.06 bits per heavy atom. The molecule has 184 valence electrons. The molecule has 0 bridgehead atoms. The Bertz CT molecular complexity index is 1360. The van der Waals surface area contributed by atoms with Gasteiger partial charge in [0.15, 0.2) is 0 Å². The number of aliphatic hydroxyl groups excluding tert-OH is 1. The number of rotatable bonds is 7. The van der Waals surface area contributed by atoms with Gasteiger partial charge in [0.2, 0.25) is 0 Å². The highest BCUT2D eigenvalue weighted by Gasteiger charge is 2.47. The van der Waals surface area contributed by atoms with Gasteiger partial charge in [0.1, 0.15) is 11.5 Å². The number of Topliss-reactive ketones (excluding diaryl/α,β-unsaturated/α-hetero) is 1. The van der Waals surface area contributed by atoms with Crippen molar-refractivity contribution >= 4 is 28.8 Å². The van der Waals surface area contributed by atoms with E-state index in [0.717, 1.165) is 5.56 Å². The number of nitrogens with zero attached hydrogens (tertiary/aromatic N) is 2. The number of ether oxygens (including phenoxy) is 1. The van der Waals surface area contributed by atoms with Crippen LogP contribution in [0.5, 0.6) is 5.75 Å². The van der Waals surface area contributed by atoms with E-state index < -0.39 is 28.4 Å². The highest BCUT2D eigenvalue weighted by Crippen LogP contribution is 2.43. The number of anilines is 1. The molecule has 0 aromatic heterocycles. The van der Waals surface area contributed by atoms with Gasteiger partial charge in [-0.25, -0.2) is 0 Å². The minimum atomic E-state index is -0.926. The summed E-state index contributed by atoms with van der Waals surface area (Å²) >= 11 is 0. The van der Waals surface area contributed by atoms with Crippen molar-refractivity contribution in [3.8, 4) is 5.75 Å². The Morgan fingerprint density at radius 2 is 1.75 bits per heavy atom. The van der Waals surface area contributed by atoms with E-state index in [4.69, 9.17) is 4.74 Å². The molecule has 1 atom stereocenters. The molecule has 0 radical (unpaired) electrons. The highest BCUT2D eigenvalue weighted by molar-refractivity contribution is 6.51. The number of carbonyl (C=O) groups is 2. The van der Waals surface area contributed by atoms with Crippen molar-refractivity contribution in [2.75, 3.05) is 11.5 Å². The maximum atomic E-state index is 13.3. The van der Waals surface area contributed by atoms with Gasteiger partial charge in [0.25, 0.3) is 17.4 Å². The topological polar surface area (TPSA) is 110 Å². The van der Waals surface area contributed by atoms with Gasteiger partial charge >= 0.3 is 0 Å². The third kappa shape index (κ3) is 4.84. The summed E-state index contributed by atoms with van der Waals surface area (Å²) in [5.74, 6) is -1.15. The van der Waals surface area contributed by atoms with Gasteiger partial charge in [-0.3, -0.25) is 24.6 Å². The summed E-state index contributed by atoms with van der Waals surface area (Å²) in [4.78, 5) is 38.5. The lowest BCUT2D eigenvalue weighted by Crippen LogP contribution is -2.29. The molecule has 3 aromatic rings. The number of nitro groups is 1. The van der Waals surface area contributed by atoms with Crippen LogP contribution in [-0.2, 0) is 9.59 Å². The van der Waals surface area contributed by atoms with Gasteiger partial charge in [0, 0.05) is 23.4 Å². The molecule has 36 heavy (non-hydrogen) atoms. The number of aryl methyl sites for hydroxylation is 1. The predicted octanol–water partition coefficient (Wildman–Crippen LogP) is 5.56. The molecule has 0 saturated carbocycles. The van der Waals surface area contributed by atoms with Crippen molar-refractivity contribution in [2.24, 2.45) is 5.92 Å². The number of hydrogen-bond donors (Lipinski definition) is 1. The fourth-order valence-electron chi connectivity index (χ4n) is 4.13. The molecular formula is C28H26N2O6. The SMILES string of the molecule is Cc1cccc(N2C(=O)C(=O)/C(=C(/O)c3ccc([N+](=O)[O-])cc3)C2c2cccc(OCC(C)C)c2)c1. The van der Waals surface area contributed by atoms with Crippen LogP contribution in [0.25, 0.3) is 5.76 Å². The monoisotopic (exact) mass is 486 g/mol. The summed E-state index contributed by atoms with van der Waals surface area (Å²) in [5.41, 5.74) is 1.94. The van der Waals surface area contributed by atoms with Crippen LogP contribution in [0.15, 0.2) is 78.4 Å². The third-order valence-corrected chi connectivity index (χ3v) is 5.83. The van der Waals surface area contributed by atoms with Gasteiger partial charge in [-0.15, -0.1) is 0 Å². The first-order valence-corrected chi connectivity index (χ1v) is 11.5. The van der Waals surface area contributed by atoms with Crippen molar-refractivity contribution in [3.63, 3.8) is 0 Å². The van der Waals surface area contributed by atoms with E-state index >= 15 is 0 Å². The van der Waals surface area contributed by atoms with Crippen LogP contribution in [0.3, 0.4) is 0 Å². The fraction of sp³-hybridized carbons (Fsp3) is 0.214. The first-order valence-electron chi connectivity index (χ1n) is 11.5. The molecule has 3 aromatic carbocycles. The normalized spacial score (nSPS) is 17.0. The minimum Gasteiger partial charge on any atom is -0.507 e. The van der Waals surface area contributed by atoms with E-state index in [0.29, 0.717) is 29.5 Å². The molecule has 0 spiro atoms. The lowest BCUT2D eigenvalue weighted by atomic mass is 9.95. The number of carbonyl (C=O) groups excluding carboxylic acids is 2. The van der Waals surface area contributed by atoms with Crippen LogP contribution in [0.2, 0.25) is 0 Å². The minimum absolute atomic E-state index is 0.101. The van der Waals surface area contributed by atoms with Crippen molar-refractivity contribution in [2.45, 2.75) is 26.8 Å². The van der Waals surface area contributed by atoms with E-state index in [-0.39, 0.29) is 16.8 Å². The zero-order chi connectivity index (χ0) is 26.0. The average molecular weight is 487 g/mol. The number of hydrogen-bond acceptors (Lipinski definition) is 6. The van der Waals surface area contributed by atoms with Crippen LogP contribution in [0.4, 0.5) is 11.4 Å². The molecule has 4 rings (SSSR count). The number of nitro benzene ring substituents is 1. The second-order valence-electron chi connectivity index (χ2n) is 9.09. The smallest absolute Gasteiger partial charge is 0.300 e. The Balaban J connectivity index is 1.88. The summed E-state index contributed by atoms with van der Waals surface area (Å²) in [5, 5.41) is 22.3. The molecule has 1 aliphatic heterocycles. The maximum absolute atomic E-state index is 13.3. The van der Waals surface area contributed by atoms with Gasteiger partial charge < -0.3 is 9.84 Å². The zero-order valence-corrected chi connectivity index (χ0v) is 20.2. The Hall–Kier alpha value is -4.46. The molecule has 1 fully saturated rings. The molecule has 1 heterocycles. The van der Waals surface area contributed by atoms with Crippen LogP contribution < -0.4 is 9.64 Å². The van der Waals surface area contributed by atoms with Gasteiger partial charge in [-0.1, -0.05) is 38.1 Å². The maximum Gasteiger partial charge on any atom is 0.300 e. The Labute approximate surface area is 208 Å². The summed E-state index contributed by atoms with van der Waals surface area (Å²) < 4.78 is 5.87. The molecule has 8 heteroatoms. The fourth-order valence-corrected chi connectivity index (χ4v) is 4.13. The predicted molar refractivity (Wildman–Crippen MR) is 136 cm³/mol.